The van der Waals surface area contributed by atoms with Crippen LogP contribution >= 0.6 is 0 Å². The van der Waals surface area contributed by atoms with Crippen molar-refractivity contribution in [1.29, 1.82) is 0 Å². The molecule has 0 amide bonds. The molecule has 4 heteroatoms. The number of hydrogen-bond acceptors (Lipinski definition) is 3. The van der Waals surface area contributed by atoms with Crippen LogP contribution in [0.1, 0.15) is 31.2 Å². The van der Waals surface area contributed by atoms with Gasteiger partial charge in [0.25, 0.3) is 5.54 Å². The molecule has 18 heavy (non-hydrogen) atoms. The lowest BCUT2D eigenvalue weighted by molar-refractivity contribution is -0.585. The van der Waals surface area contributed by atoms with Crippen molar-refractivity contribution < 1.29 is 4.92 Å². The summed E-state index contributed by atoms with van der Waals surface area (Å²) in [5, 5.41) is 11.6. The first kappa shape index (κ1) is 11.7. The summed E-state index contributed by atoms with van der Waals surface area (Å²) in [7, 11) is 0. The Morgan fingerprint density at radius 2 is 2.06 bits per heavy atom. The quantitative estimate of drug-likeness (QED) is 0.594. The van der Waals surface area contributed by atoms with E-state index in [9.17, 15) is 10.1 Å². The SMILES string of the molecule is O=[N+]([O-])[C@@]1(c2ccccc2)CC[C@H]2CCCN2C1. The van der Waals surface area contributed by atoms with Crippen LogP contribution in [-0.4, -0.2) is 29.0 Å². The van der Waals surface area contributed by atoms with Crippen molar-refractivity contribution in [3.05, 3.63) is 46.0 Å². The molecule has 2 aliphatic heterocycles. The molecular formula is C14H18N2O2. The Morgan fingerprint density at radius 1 is 1.28 bits per heavy atom. The number of piperidine rings is 1. The monoisotopic (exact) mass is 246 g/mol. The predicted octanol–water partition coefficient (Wildman–Crippen LogP) is 2.42. The van der Waals surface area contributed by atoms with E-state index in [4.69, 9.17) is 0 Å². The zero-order valence-corrected chi connectivity index (χ0v) is 10.4. The zero-order chi connectivity index (χ0) is 12.6. The third-order valence-electron chi connectivity index (χ3n) is 4.52. The highest BCUT2D eigenvalue weighted by molar-refractivity contribution is 5.24. The molecule has 2 fully saturated rings. The van der Waals surface area contributed by atoms with Gasteiger partial charge in [0.1, 0.15) is 0 Å². The van der Waals surface area contributed by atoms with Crippen molar-refractivity contribution in [2.45, 2.75) is 37.3 Å². The van der Waals surface area contributed by atoms with Crippen LogP contribution in [0.15, 0.2) is 30.3 Å². The average molecular weight is 246 g/mol. The van der Waals surface area contributed by atoms with Crippen LogP contribution in [0.4, 0.5) is 0 Å². The van der Waals surface area contributed by atoms with Gasteiger partial charge >= 0.3 is 0 Å². The lowest BCUT2D eigenvalue weighted by atomic mass is 9.81. The molecule has 0 radical (unpaired) electrons. The smallest absolute Gasteiger partial charge is 0.259 e. The third kappa shape index (κ3) is 1.72. The highest BCUT2D eigenvalue weighted by Gasteiger charge is 2.51. The van der Waals surface area contributed by atoms with Crippen molar-refractivity contribution in [2.75, 3.05) is 13.1 Å². The summed E-state index contributed by atoms with van der Waals surface area (Å²) in [5.74, 6) is 0. The van der Waals surface area contributed by atoms with Crippen molar-refractivity contribution in [3.8, 4) is 0 Å². The minimum Gasteiger partial charge on any atom is -0.293 e. The number of nitrogens with zero attached hydrogens (tertiary/aromatic N) is 2. The fraction of sp³-hybridized carbons (Fsp3) is 0.571. The maximum Gasteiger partial charge on any atom is 0.259 e. The van der Waals surface area contributed by atoms with E-state index in [0.717, 1.165) is 18.5 Å². The zero-order valence-electron chi connectivity index (χ0n) is 10.4. The molecular weight excluding hydrogens is 228 g/mol. The van der Waals surface area contributed by atoms with Crippen molar-refractivity contribution in [3.63, 3.8) is 0 Å². The van der Waals surface area contributed by atoms with Gasteiger partial charge < -0.3 is 0 Å². The highest BCUT2D eigenvalue weighted by Crippen LogP contribution is 2.39. The second-order valence-electron chi connectivity index (χ2n) is 5.46. The normalized spacial score (nSPS) is 32.1. The van der Waals surface area contributed by atoms with Crippen LogP contribution in [0.25, 0.3) is 0 Å². The van der Waals surface area contributed by atoms with Crippen LogP contribution in [0.2, 0.25) is 0 Å². The first-order chi connectivity index (χ1) is 8.72. The van der Waals surface area contributed by atoms with Crippen molar-refractivity contribution >= 4 is 0 Å². The van der Waals surface area contributed by atoms with Crippen LogP contribution in [0.3, 0.4) is 0 Å². The first-order valence-corrected chi connectivity index (χ1v) is 6.66. The van der Waals surface area contributed by atoms with Gasteiger partial charge in [-0.15, -0.1) is 0 Å². The summed E-state index contributed by atoms with van der Waals surface area (Å²) in [5.41, 5.74) is -0.0254. The maximum absolute atomic E-state index is 11.6. The number of nitro groups is 1. The minimum atomic E-state index is -0.887. The molecule has 3 rings (SSSR count). The van der Waals surface area contributed by atoms with Gasteiger partial charge in [0.15, 0.2) is 0 Å². The molecule has 96 valence electrons. The van der Waals surface area contributed by atoms with E-state index >= 15 is 0 Å². The van der Waals surface area contributed by atoms with Gasteiger partial charge in [-0.2, -0.15) is 0 Å². The van der Waals surface area contributed by atoms with E-state index in [-0.39, 0.29) is 4.92 Å². The molecule has 0 aliphatic carbocycles. The molecule has 0 spiro atoms. The van der Waals surface area contributed by atoms with E-state index in [1.807, 2.05) is 30.3 Å². The van der Waals surface area contributed by atoms with E-state index < -0.39 is 5.54 Å². The molecule has 2 saturated heterocycles. The Kier molecular flexibility index (Phi) is 2.82. The van der Waals surface area contributed by atoms with Gasteiger partial charge in [0, 0.05) is 22.9 Å². The van der Waals surface area contributed by atoms with E-state index in [1.54, 1.807) is 0 Å². The van der Waals surface area contributed by atoms with E-state index in [1.165, 1.54) is 12.8 Å². The lowest BCUT2D eigenvalue weighted by Crippen LogP contribution is -2.52. The van der Waals surface area contributed by atoms with Crippen LogP contribution in [0.5, 0.6) is 0 Å². The van der Waals surface area contributed by atoms with E-state index in [0.29, 0.717) is 19.0 Å². The van der Waals surface area contributed by atoms with Gasteiger partial charge in [-0.05, 0) is 25.8 Å². The molecule has 0 saturated carbocycles. The Morgan fingerprint density at radius 3 is 2.78 bits per heavy atom. The Balaban J connectivity index is 1.96. The molecule has 4 nitrogen and oxygen atoms in total. The van der Waals surface area contributed by atoms with Gasteiger partial charge in [-0.3, -0.25) is 15.0 Å². The molecule has 2 atom stereocenters. The first-order valence-electron chi connectivity index (χ1n) is 6.66. The van der Waals surface area contributed by atoms with Crippen molar-refractivity contribution in [2.24, 2.45) is 0 Å². The molecule has 0 unspecified atom stereocenters. The molecule has 0 aromatic heterocycles. The summed E-state index contributed by atoms with van der Waals surface area (Å²) in [6, 6.07) is 10.1. The molecule has 0 bridgehead atoms. The maximum atomic E-state index is 11.6. The van der Waals surface area contributed by atoms with Gasteiger partial charge in [-0.1, -0.05) is 30.3 Å². The fourth-order valence-electron chi connectivity index (χ4n) is 3.49. The molecule has 1 aromatic carbocycles. The second kappa shape index (κ2) is 4.35. The Bertz CT molecular complexity index is 448. The Labute approximate surface area is 107 Å². The van der Waals surface area contributed by atoms with Gasteiger partial charge in [-0.25, -0.2) is 0 Å². The third-order valence-corrected chi connectivity index (χ3v) is 4.52. The number of hydrogen-bond donors (Lipinski definition) is 0. The number of benzene rings is 1. The topological polar surface area (TPSA) is 46.4 Å². The lowest BCUT2D eigenvalue weighted by Gasteiger charge is -2.38. The molecule has 1 aromatic rings. The molecule has 2 heterocycles. The standard InChI is InChI=1S/C14H18N2O2/c17-16(18)14(12-5-2-1-3-6-12)9-8-13-7-4-10-15(13)11-14/h1-3,5-6,13H,4,7-11H2/t13-,14+/m1/s1. The summed E-state index contributed by atoms with van der Waals surface area (Å²) < 4.78 is 0. The van der Waals surface area contributed by atoms with Crippen LogP contribution in [-0.2, 0) is 5.54 Å². The Hall–Kier alpha value is -1.42. The molecule has 2 aliphatic rings. The molecule has 0 N–H and O–H groups in total. The number of fused-ring (bicyclic) bond motifs is 1. The van der Waals surface area contributed by atoms with Crippen molar-refractivity contribution in [1.82, 2.24) is 4.90 Å². The second-order valence-corrected chi connectivity index (χ2v) is 5.46. The highest BCUT2D eigenvalue weighted by atomic mass is 16.6. The predicted molar refractivity (Wildman–Crippen MR) is 68.9 cm³/mol. The number of rotatable bonds is 2. The summed E-state index contributed by atoms with van der Waals surface area (Å²) in [6.07, 6.45) is 4.02. The largest absolute Gasteiger partial charge is 0.293 e. The average Bonchev–Trinajstić information content (AvgIpc) is 2.86. The van der Waals surface area contributed by atoms with Crippen LogP contribution < -0.4 is 0 Å². The summed E-state index contributed by atoms with van der Waals surface area (Å²) >= 11 is 0. The summed E-state index contributed by atoms with van der Waals surface area (Å²) in [4.78, 5) is 13.9. The summed E-state index contributed by atoms with van der Waals surface area (Å²) in [6.45, 7) is 1.60. The van der Waals surface area contributed by atoms with Gasteiger partial charge in [0.2, 0.25) is 0 Å². The van der Waals surface area contributed by atoms with Gasteiger partial charge in [0.05, 0.1) is 6.54 Å². The minimum absolute atomic E-state index is 0.0587. The fourth-order valence-corrected chi connectivity index (χ4v) is 3.49. The van der Waals surface area contributed by atoms with Crippen LogP contribution in [0, 0.1) is 10.1 Å². The van der Waals surface area contributed by atoms with E-state index in [2.05, 4.69) is 4.90 Å².